The van der Waals surface area contributed by atoms with Gasteiger partial charge in [0.05, 0.1) is 20.6 Å². The largest absolute Gasteiger partial charge is 0.355 e. The van der Waals surface area contributed by atoms with E-state index in [0.29, 0.717) is 34.3 Å². The van der Waals surface area contributed by atoms with Gasteiger partial charge in [0.1, 0.15) is 12.6 Å². The van der Waals surface area contributed by atoms with Crippen LogP contribution in [-0.2, 0) is 39.0 Å². The molecule has 10 heteroatoms. The number of carbonyl (C=O) groups is 2. The Morgan fingerprint density at radius 3 is 2.13 bits per heavy atom. The second kappa shape index (κ2) is 15.4. The Balaban J connectivity index is 1.83. The van der Waals surface area contributed by atoms with Crippen LogP contribution >= 0.6 is 23.2 Å². The molecule has 4 aromatic carbocycles. The van der Waals surface area contributed by atoms with Gasteiger partial charge in [0.15, 0.2) is 0 Å². The number of aryl methyl sites for hydroxylation is 2. The van der Waals surface area contributed by atoms with Gasteiger partial charge in [0.25, 0.3) is 10.0 Å². The first-order chi connectivity index (χ1) is 21.5. The Labute approximate surface area is 275 Å². The highest BCUT2D eigenvalue weighted by Gasteiger charge is 2.35. The molecule has 1 atom stereocenters. The molecule has 7 nitrogen and oxygen atoms in total. The molecule has 0 radical (unpaired) electrons. The molecule has 1 N–H and O–H groups in total. The minimum Gasteiger partial charge on any atom is -0.355 e. The van der Waals surface area contributed by atoms with Crippen LogP contribution in [0.15, 0.2) is 102 Å². The number of benzene rings is 4. The summed E-state index contributed by atoms with van der Waals surface area (Å²) in [5.41, 5.74) is 3.56. The monoisotopic (exact) mass is 665 g/mol. The van der Waals surface area contributed by atoms with E-state index < -0.39 is 28.5 Å². The summed E-state index contributed by atoms with van der Waals surface area (Å²) in [4.78, 5) is 29.7. The van der Waals surface area contributed by atoms with Gasteiger partial charge in [-0.15, -0.1) is 0 Å². The molecule has 0 aliphatic heterocycles. The minimum absolute atomic E-state index is 0.00179. The Kier molecular flexibility index (Phi) is 11.7. The Morgan fingerprint density at radius 2 is 1.49 bits per heavy atom. The second-order valence-corrected chi connectivity index (χ2v) is 13.4. The summed E-state index contributed by atoms with van der Waals surface area (Å²) < 4.78 is 29.7. The predicted molar refractivity (Wildman–Crippen MR) is 181 cm³/mol. The van der Waals surface area contributed by atoms with Crippen LogP contribution in [0.2, 0.25) is 10.0 Å². The molecule has 0 saturated heterocycles. The van der Waals surface area contributed by atoms with Gasteiger partial charge in [-0.05, 0) is 67.3 Å². The first-order valence-corrected chi connectivity index (χ1v) is 17.0. The van der Waals surface area contributed by atoms with Crippen molar-refractivity contribution in [2.24, 2.45) is 0 Å². The number of hydrogen-bond donors (Lipinski definition) is 1. The number of hydrogen-bond acceptors (Lipinski definition) is 4. The van der Waals surface area contributed by atoms with Gasteiger partial charge >= 0.3 is 0 Å². The lowest BCUT2D eigenvalue weighted by Crippen LogP contribution is -2.53. The van der Waals surface area contributed by atoms with Gasteiger partial charge < -0.3 is 10.2 Å². The van der Waals surface area contributed by atoms with Crippen molar-refractivity contribution < 1.29 is 18.0 Å². The van der Waals surface area contributed by atoms with E-state index in [-0.39, 0.29) is 23.8 Å². The van der Waals surface area contributed by atoms with Gasteiger partial charge in [-0.1, -0.05) is 102 Å². The molecule has 0 bridgehead atoms. The third kappa shape index (κ3) is 8.45. The molecule has 0 unspecified atom stereocenters. The van der Waals surface area contributed by atoms with Crippen molar-refractivity contribution in [1.29, 1.82) is 0 Å². The zero-order chi connectivity index (χ0) is 32.6. The fraction of sp³-hybridized carbons (Fsp3) is 0.257. The van der Waals surface area contributed by atoms with Crippen LogP contribution in [0, 0.1) is 6.92 Å². The third-order valence-corrected chi connectivity index (χ3v) is 10.0. The summed E-state index contributed by atoms with van der Waals surface area (Å²) in [5, 5.41) is 3.52. The predicted octanol–water partition coefficient (Wildman–Crippen LogP) is 6.84. The summed E-state index contributed by atoms with van der Waals surface area (Å²) in [5.74, 6) is -0.897. The summed E-state index contributed by atoms with van der Waals surface area (Å²) in [6.45, 7) is 5.44. The molecule has 4 rings (SSSR count). The highest BCUT2D eigenvalue weighted by molar-refractivity contribution is 7.92. The van der Waals surface area contributed by atoms with Crippen LogP contribution in [0.25, 0.3) is 0 Å². The fourth-order valence-corrected chi connectivity index (χ4v) is 6.86. The number of halogens is 2. The molecule has 236 valence electrons. The molecular weight excluding hydrogens is 629 g/mol. The zero-order valence-corrected chi connectivity index (χ0v) is 27.9. The van der Waals surface area contributed by atoms with Crippen molar-refractivity contribution in [2.45, 2.75) is 51.1 Å². The van der Waals surface area contributed by atoms with Crippen molar-refractivity contribution >= 4 is 50.7 Å². The Bertz CT molecular complexity index is 1730. The number of carbonyl (C=O) groups excluding carboxylic acids is 2. The average molecular weight is 667 g/mol. The van der Waals surface area contributed by atoms with Crippen LogP contribution in [-0.4, -0.2) is 44.3 Å². The van der Waals surface area contributed by atoms with E-state index in [1.165, 1.54) is 17.0 Å². The fourth-order valence-electron chi connectivity index (χ4n) is 5.08. The van der Waals surface area contributed by atoms with Crippen molar-refractivity contribution in [3.8, 4) is 0 Å². The van der Waals surface area contributed by atoms with E-state index in [1.807, 2.05) is 56.3 Å². The zero-order valence-electron chi connectivity index (χ0n) is 25.5. The number of nitrogens with zero attached hydrogens (tertiary/aromatic N) is 2. The Morgan fingerprint density at radius 1 is 0.822 bits per heavy atom. The van der Waals surface area contributed by atoms with Crippen LogP contribution in [0.4, 0.5) is 5.69 Å². The van der Waals surface area contributed by atoms with Crippen molar-refractivity contribution in [2.75, 3.05) is 17.4 Å². The molecule has 0 aliphatic carbocycles. The lowest BCUT2D eigenvalue weighted by atomic mass is 10.0. The molecule has 4 aromatic rings. The molecule has 0 saturated carbocycles. The maximum atomic E-state index is 14.5. The van der Waals surface area contributed by atoms with Crippen molar-refractivity contribution in [3.63, 3.8) is 0 Å². The minimum atomic E-state index is -4.19. The smallest absolute Gasteiger partial charge is 0.264 e. The molecule has 0 aromatic heterocycles. The third-order valence-electron chi connectivity index (χ3n) is 7.49. The molecule has 45 heavy (non-hydrogen) atoms. The van der Waals surface area contributed by atoms with Gasteiger partial charge in [-0.25, -0.2) is 8.42 Å². The SMILES string of the molecule is CCNC(=O)[C@H](Cc1ccccc1)N(Cc1ccc(Cl)c(Cl)c1)C(=O)CN(c1ccccc1CC)S(=O)(=O)c1ccc(C)cc1. The van der Waals surface area contributed by atoms with Gasteiger partial charge in [0.2, 0.25) is 11.8 Å². The molecule has 0 fully saturated rings. The topological polar surface area (TPSA) is 86.8 Å². The Hall–Kier alpha value is -3.85. The summed E-state index contributed by atoms with van der Waals surface area (Å²) in [7, 11) is -4.19. The summed E-state index contributed by atoms with van der Waals surface area (Å²) >= 11 is 12.5. The summed E-state index contributed by atoms with van der Waals surface area (Å²) in [6.07, 6.45) is 0.767. The van der Waals surface area contributed by atoms with E-state index >= 15 is 0 Å². The maximum Gasteiger partial charge on any atom is 0.264 e. The lowest BCUT2D eigenvalue weighted by Gasteiger charge is -2.34. The van der Waals surface area contributed by atoms with Gasteiger partial charge in [-0.2, -0.15) is 0 Å². The molecule has 2 amide bonds. The number of likely N-dealkylation sites (N-methyl/N-ethyl adjacent to an activating group) is 1. The van der Waals surface area contributed by atoms with E-state index in [2.05, 4.69) is 5.32 Å². The van der Waals surface area contributed by atoms with Gasteiger partial charge in [-0.3, -0.25) is 13.9 Å². The van der Waals surface area contributed by atoms with Crippen LogP contribution in [0.3, 0.4) is 0 Å². The number of sulfonamides is 1. The lowest BCUT2D eigenvalue weighted by molar-refractivity contribution is -0.140. The van der Waals surface area contributed by atoms with E-state index in [4.69, 9.17) is 23.2 Å². The number of amides is 2. The molecular formula is C35H37Cl2N3O4S. The maximum absolute atomic E-state index is 14.5. The second-order valence-electron chi connectivity index (χ2n) is 10.7. The van der Waals surface area contributed by atoms with Crippen LogP contribution in [0.1, 0.15) is 36.1 Å². The number of rotatable bonds is 13. The van der Waals surface area contributed by atoms with E-state index in [0.717, 1.165) is 21.0 Å². The quantitative estimate of drug-likeness (QED) is 0.170. The average Bonchev–Trinajstić information content (AvgIpc) is 3.03. The molecule has 0 spiro atoms. The van der Waals surface area contributed by atoms with E-state index in [9.17, 15) is 18.0 Å². The molecule has 0 aliphatic rings. The first-order valence-electron chi connectivity index (χ1n) is 14.8. The number of anilines is 1. The normalized spacial score (nSPS) is 11.9. The number of nitrogens with one attached hydrogen (secondary N) is 1. The first kappa shape index (κ1) is 34.0. The standard InChI is InChI=1S/C35H37Cl2N3O4S/c1-4-28-13-9-10-14-32(28)40(45(43,44)29-18-15-25(3)16-19-29)24-34(41)39(23-27-17-20-30(36)31(37)21-27)33(35(42)38-5-2)22-26-11-7-6-8-12-26/h6-21,33H,4-5,22-24H2,1-3H3,(H,38,42)/t33-/m0/s1. The van der Waals surface area contributed by atoms with Crippen molar-refractivity contribution in [3.05, 3.63) is 129 Å². The van der Waals surface area contributed by atoms with Crippen molar-refractivity contribution in [1.82, 2.24) is 10.2 Å². The highest BCUT2D eigenvalue weighted by atomic mass is 35.5. The molecule has 0 heterocycles. The van der Waals surface area contributed by atoms with E-state index in [1.54, 1.807) is 49.4 Å². The van der Waals surface area contributed by atoms with Crippen LogP contribution < -0.4 is 9.62 Å². The number of para-hydroxylation sites is 1. The van der Waals surface area contributed by atoms with Gasteiger partial charge in [0, 0.05) is 19.5 Å². The van der Waals surface area contributed by atoms with Crippen LogP contribution in [0.5, 0.6) is 0 Å². The summed E-state index contributed by atoms with van der Waals surface area (Å²) in [6, 6.07) is 27.1. The highest BCUT2D eigenvalue weighted by Crippen LogP contribution is 2.29.